The van der Waals surface area contributed by atoms with Crippen LogP contribution < -0.4 is 9.47 Å². The van der Waals surface area contributed by atoms with Crippen LogP contribution in [0.15, 0.2) is 23.6 Å². The monoisotopic (exact) mass is 265 g/mol. The summed E-state index contributed by atoms with van der Waals surface area (Å²) in [5, 5.41) is 13.1. The zero-order chi connectivity index (χ0) is 13.1. The summed E-state index contributed by atoms with van der Waals surface area (Å²) in [7, 11) is 3.16. The van der Waals surface area contributed by atoms with Crippen molar-refractivity contribution in [2.75, 3.05) is 14.2 Å². The van der Waals surface area contributed by atoms with Crippen molar-refractivity contribution in [2.24, 2.45) is 0 Å². The Morgan fingerprint density at radius 3 is 2.61 bits per heavy atom. The fourth-order valence-corrected chi connectivity index (χ4v) is 2.34. The molecule has 1 aromatic carbocycles. The van der Waals surface area contributed by atoms with Gasteiger partial charge in [-0.3, -0.25) is 0 Å². The second kappa shape index (κ2) is 5.37. The maximum absolute atomic E-state index is 10.3. The lowest BCUT2D eigenvalue weighted by Gasteiger charge is -2.14. The van der Waals surface area contributed by atoms with E-state index in [1.165, 1.54) is 11.3 Å². The molecule has 0 aliphatic rings. The first-order valence-electron chi connectivity index (χ1n) is 5.47. The number of aliphatic hydroxyl groups is 1. The van der Waals surface area contributed by atoms with Gasteiger partial charge in [0.25, 0.3) is 0 Å². The van der Waals surface area contributed by atoms with Crippen LogP contribution >= 0.6 is 11.3 Å². The van der Waals surface area contributed by atoms with Gasteiger partial charge in [0.15, 0.2) is 0 Å². The van der Waals surface area contributed by atoms with Crippen LogP contribution in [0.3, 0.4) is 0 Å². The first-order chi connectivity index (χ1) is 8.65. The maximum atomic E-state index is 10.3. The minimum Gasteiger partial charge on any atom is -0.497 e. The van der Waals surface area contributed by atoms with Gasteiger partial charge < -0.3 is 14.6 Å². The van der Waals surface area contributed by atoms with E-state index in [4.69, 9.17) is 9.47 Å². The van der Waals surface area contributed by atoms with Crippen molar-refractivity contribution in [3.63, 3.8) is 0 Å². The Hall–Kier alpha value is -1.59. The van der Waals surface area contributed by atoms with Crippen molar-refractivity contribution in [2.45, 2.75) is 13.0 Å². The van der Waals surface area contributed by atoms with E-state index in [1.807, 2.05) is 12.3 Å². The summed E-state index contributed by atoms with van der Waals surface area (Å²) in [6.45, 7) is 1.91. The molecule has 5 heteroatoms. The molecule has 18 heavy (non-hydrogen) atoms. The molecule has 2 rings (SSSR count). The lowest BCUT2D eigenvalue weighted by Crippen LogP contribution is -2.03. The Balaban J connectivity index is 2.38. The lowest BCUT2D eigenvalue weighted by molar-refractivity contribution is 0.210. The van der Waals surface area contributed by atoms with E-state index < -0.39 is 6.10 Å². The van der Waals surface area contributed by atoms with Crippen LogP contribution in [0.4, 0.5) is 0 Å². The first-order valence-corrected chi connectivity index (χ1v) is 6.35. The van der Waals surface area contributed by atoms with Gasteiger partial charge in [-0.2, -0.15) is 0 Å². The van der Waals surface area contributed by atoms with Gasteiger partial charge in [-0.1, -0.05) is 0 Å². The number of methoxy groups -OCH3 is 2. The van der Waals surface area contributed by atoms with Gasteiger partial charge in [0.2, 0.25) is 0 Å². The number of benzene rings is 1. The van der Waals surface area contributed by atoms with Gasteiger partial charge in [0, 0.05) is 17.0 Å². The average Bonchev–Trinajstić information content (AvgIpc) is 2.83. The Bertz CT molecular complexity index is 539. The number of aliphatic hydroxyl groups excluding tert-OH is 1. The predicted octanol–water partition coefficient (Wildman–Crippen LogP) is 2.55. The molecular weight excluding hydrogens is 250 g/mol. The Morgan fingerprint density at radius 1 is 1.28 bits per heavy atom. The van der Waals surface area contributed by atoms with Gasteiger partial charge >= 0.3 is 0 Å². The largest absolute Gasteiger partial charge is 0.497 e. The van der Waals surface area contributed by atoms with Crippen molar-refractivity contribution in [1.82, 2.24) is 4.98 Å². The third-order valence-electron chi connectivity index (χ3n) is 2.65. The van der Waals surface area contributed by atoms with Crippen LogP contribution in [0.1, 0.15) is 22.4 Å². The highest BCUT2D eigenvalue weighted by atomic mass is 32.1. The van der Waals surface area contributed by atoms with E-state index in [1.54, 1.807) is 32.4 Å². The first kappa shape index (κ1) is 12.9. The molecule has 1 aromatic heterocycles. The number of ether oxygens (including phenoxy) is 2. The molecule has 2 aromatic rings. The zero-order valence-corrected chi connectivity index (χ0v) is 11.3. The fraction of sp³-hybridized carbons (Fsp3) is 0.308. The summed E-state index contributed by atoms with van der Waals surface area (Å²) in [5.41, 5.74) is 1.32. The molecule has 0 radical (unpaired) electrons. The summed E-state index contributed by atoms with van der Waals surface area (Å²) in [5.74, 6) is 1.28. The van der Waals surface area contributed by atoms with E-state index >= 15 is 0 Å². The number of thiazole rings is 1. The minimum atomic E-state index is -0.782. The maximum Gasteiger partial charge on any atom is 0.128 e. The second-order valence-electron chi connectivity index (χ2n) is 3.80. The van der Waals surface area contributed by atoms with Crippen molar-refractivity contribution >= 4 is 11.3 Å². The molecule has 1 unspecified atom stereocenters. The lowest BCUT2D eigenvalue weighted by atomic mass is 10.1. The molecule has 0 amide bonds. The van der Waals surface area contributed by atoms with E-state index in [2.05, 4.69) is 4.98 Å². The fourth-order valence-electron chi connectivity index (χ4n) is 1.71. The van der Waals surface area contributed by atoms with Gasteiger partial charge in [-0.25, -0.2) is 4.98 Å². The third kappa shape index (κ3) is 2.47. The molecule has 0 fully saturated rings. The van der Waals surface area contributed by atoms with Gasteiger partial charge in [0.05, 0.1) is 24.9 Å². The molecule has 4 nitrogen and oxygen atoms in total. The Labute approximate surface area is 110 Å². The highest BCUT2D eigenvalue weighted by Crippen LogP contribution is 2.33. The summed E-state index contributed by atoms with van der Waals surface area (Å²) >= 11 is 1.51. The molecular formula is C13H15NO3S. The van der Waals surface area contributed by atoms with E-state index in [9.17, 15) is 5.11 Å². The normalized spacial score (nSPS) is 12.2. The molecule has 0 saturated carbocycles. The van der Waals surface area contributed by atoms with Crippen LogP contribution in [0.2, 0.25) is 0 Å². The number of rotatable bonds is 4. The van der Waals surface area contributed by atoms with Crippen LogP contribution in [0.5, 0.6) is 11.5 Å². The summed E-state index contributed by atoms with van der Waals surface area (Å²) in [6, 6.07) is 5.33. The van der Waals surface area contributed by atoms with E-state index in [-0.39, 0.29) is 0 Å². The number of nitrogens with zero attached hydrogens (tertiary/aromatic N) is 1. The SMILES string of the molecule is COc1ccc(C(O)c2csc(C)n2)c(OC)c1. The number of aryl methyl sites for hydroxylation is 1. The smallest absolute Gasteiger partial charge is 0.128 e. The van der Waals surface area contributed by atoms with Gasteiger partial charge in [-0.15, -0.1) is 11.3 Å². The molecule has 0 bridgehead atoms. The van der Waals surface area contributed by atoms with Crippen molar-refractivity contribution in [3.8, 4) is 11.5 Å². The zero-order valence-electron chi connectivity index (χ0n) is 10.5. The molecule has 1 heterocycles. The standard InChI is InChI=1S/C13H15NO3S/c1-8-14-11(7-18-8)13(15)10-5-4-9(16-2)6-12(10)17-3/h4-7,13,15H,1-3H3. The predicted molar refractivity (Wildman–Crippen MR) is 70.5 cm³/mol. The van der Waals surface area contributed by atoms with Gasteiger partial charge in [0.1, 0.15) is 17.6 Å². The highest BCUT2D eigenvalue weighted by Gasteiger charge is 2.18. The molecule has 1 atom stereocenters. The van der Waals surface area contributed by atoms with Gasteiger partial charge in [-0.05, 0) is 19.1 Å². The molecule has 1 N–H and O–H groups in total. The number of hydrogen-bond acceptors (Lipinski definition) is 5. The summed E-state index contributed by atoms with van der Waals surface area (Å²) in [4.78, 5) is 4.29. The van der Waals surface area contributed by atoms with E-state index in [0.717, 1.165) is 5.01 Å². The van der Waals surface area contributed by atoms with Crippen molar-refractivity contribution < 1.29 is 14.6 Å². The number of aromatic nitrogens is 1. The van der Waals surface area contributed by atoms with Crippen LogP contribution in [-0.2, 0) is 0 Å². The summed E-state index contributed by atoms with van der Waals surface area (Å²) in [6.07, 6.45) is -0.782. The molecule has 0 spiro atoms. The van der Waals surface area contributed by atoms with Crippen LogP contribution in [0.25, 0.3) is 0 Å². The van der Waals surface area contributed by atoms with E-state index in [0.29, 0.717) is 22.8 Å². The third-order valence-corrected chi connectivity index (χ3v) is 3.44. The van der Waals surface area contributed by atoms with Crippen molar-refractivity contribution in [1.29, 1.82) is 0 Å². The topological polar surface area (TPSA) is 51.6 Å². The molecule has 0 saturated heterocycles. The van der Waals surface area contributed by atoms with Crippen molar-refractivity contribution in [3.05, 3.63) is 39.8 Å². The Kier molecular flexibility index (Phi) is 3.84. The quantitative estimate of drug-likeness (QED) is 0.923. The molecule has 96 valence electrons. The molecule has 0 aliphatic carbocycles. The average molecular weight is 265 g/mol. The number of hydrogen-bond donors (Lipinski definition) is 1. The Morgan fingerprint density at radius 2 is 2.06 bits per heavy atom. The molecule has 0 aliphatic heterocycles. The minimum absolute atomic E-state index is 0.590. The second-order valence-corrected chi connectivity index (χ2v) is 4.86. The van der Waals surface area contributed by atoms with Crippen LogP contribution in [-0.4, -0.2) is 24.3 Å². The van der Waals surface area contributed by atoms with Crippen LogP contribution in [0, 0.1) is 6.92 Å². The highest BCUT2D eigenvalue weighted by molar-refractivity contribution is 7.09. The summed E-state index contributed by atoms with van der Waals surface area (Å²) < 4.78 is 10.4.